The summed E-state index contributed by atoms with van der Waals surface area (Å²) in [5.41, 5.74) is 3.72. The number of anilines is 1. The summed E-state index contributed by atoms with van der Waals surface area (Å²) in [4.78, 5) is 12.1. The van der Waals surface area contributed by atoms with Crippen molar-refractivity contribution in [2.45, 2.75) is 32.1 Å². The SMILES string of the molecule is CC(C)c1ccc2c(c1)C1CCNCC1C(=O)N2. The quantitative estimate of drug-likeness (QED) is 0.796. The predicted molar refractivity (Wildman–Crippen MR) is 72.9 cm³/mol. The molecule has 1 aromatic carbocycles. The van der Waals surface area contributed by atoms with E-state index in [0.29, 0.717) is 11.8 Å². The van der Waals surface area contributed by atoms with E-state index in [1.807, 2.05) is 0 Å². The van der Waals surface area contributed by atoms with Gasteiger partial charge in [0.2, 0.25) is 5.91 Å². The van der Waals surface area contributed by atoms with Gasteiger partial charge in [-0.05, 0) is 42.0 Å². The Kier molecular flexibility index (Phi) is 2.86. The molecule has 3 nitrogen and oxygen atoms in total. The van der Waals surface area contributed by atoms with Crippen LogP contribution in [-0.4, -0.2) is 19.0 Å². The Morgan fingerprint density at radius 3 is 2.89 bits per heavy atom. The van der Waals surface area contributed by atoms with Crippen LogP contribution in [0.4, 0.5) is 5.69 Å². The molecule has 2 N–H and O–H groups in total. The molecule has 3 rings (SSSR count). The molecule has 0 aliphatic carbocycles. The van der Waals surface area contributed by atoms with E-state index in [0.717, 1.165) is 25.2 Å². The van der Waals surface area contributed by atoms with Crippen LogP contribution in [0.1, 0.15) is 43.2 Å². The van der Waals surface area contributed by atoms with Crippen LogP contribution in [0.25, 0.3) is 0 Å². The van der Waals surface area contributed by atoms with E-state index in [9.17, 15) is 4.79 Å². The van der Waals surface area contributed by atoms with Gasteiger partial charge in [-0.1, -0.05) is 26.0 Å². The molecule has 1 aromatic rings. The molecule has 1 saturated heterocycles. The maximum atomic E-state index is 12.1. The third-order valence-electron chi connectivity index (χ3n) is 4.22. The number of hydrogen-bond donors (Lipinski definition) is 2. The highest BCUT2D eigenvalue weighted by Crippen LogP contribution is 2.40. The number of fused-ring (bicyclic) bond motifs is 3. The number of amides is 1. The zero-order valence-electron chi connectivity index (χ0n) is 11.0. The van der Waals surface area contributed by atoms with Crippen molar-refractivity contribution in [2.75, 3.05) is 18.4 Å². The lowest BCUT2D eigenvalue weighted by atomic mass is 9.76. The molecular formula is C15H20N2O. The van der Waals surface area contributed by atoms with E-state index in [1.165, 1.54) is 11.1 Å². The maximum absolute atomic E-state index is 12.1. The van der Waals surface area contributed by atoms with Crippen molar-refractivity contribution in [3.8, 4) is 0 Å². The lowest BCUT2D eigenvalue weighted by molar-refractivity contribution is -0.121. The van der Waals surface area contributed by atoms with Crippen LogP contribution in [0.15, 0.2) is 18.2 Å². The van der Waals surface area contributed by atoms with E-state index in [2.05, 4.69) is 42.7 Å². The van der Waals surface area contributed by atoms with E-state index in [-0.39, 0.29) is 11.8 Å². The number of carbonyl (C=O) groups excluding carboxylic acids is 1. The van der Waals surface area contributed by atoms with Gasteiger partial charge >= 0.3 is 0 Å². The number of rotatable bonds is 1. The molecule has 0 radical (unpaired) electrons. The molecule has 0 saturated carbocycles. The second-order valence-electron chi connectivity index (χ2n) is 5.70. The average molecular weight is 244 g/mol. The van der Waals surface area contributed by atoms with Crippen molar-refractivity contribution >= 4 is 11.6 Å². The molecule has 2 heterocycles. The third kappa shape index (κ3) is 1.83. The fourth-order valence-electron chi connectivity index (χ4n) is 3.09. The summed E-state index contributed by atoms with van der Waals surface area (Å²) in [6.07, 6.45) is 1.06. The summed E-state index contributed by atoms with van der Waals surface area (Å²) >= 11 is 0. The van der Waals surface area contributed by atoms with Crippen molar-refractivity contribution < 1.29 is 4.79 Å². The van der Waals surface area contributed by atoms with Crippen LogP contribution in [-0.2, 0) is 4.79 Å². The summed E-state index contributed by atoms with van der Waals surface area (Å²) in [6, 6.07) is 6.49. The summed E-state index contributed by atoms with van der Waals surface area (Å²) in [5, 5.41) is 6.37. The molecule has 0 aromatic heterocycles. The van der Waals surface area contributed by atoms with Crippen molar-refractivity contribution in [1.29, 1.82) is 0 Å². The summed E-state index contributed by atoms with van der Waals surface area (Å²) in [5.74, 6) is 1.22. The van der Waals surface area contributed by atoms with Crippen LogP contribution in [0.2, 0.25) is 0 Å². The first kappa shape index (κ1) is 11.7. The standard InChI is InChI=1S/C15H20N2O/c1-9(2)10-3-4-14-12(7-10)11-5-6-16-8-13(11)15(18)17-14/h3-4,7,9,11,13,16H,5-6,8H2,1-2H3,(H,17,18). The van der Waals surface area contributed by atoms with Crippen LogP contribution in [0, 0.1) is 5.92 Å². The molecule has 0 bridgehead atoms. The summed E-state index contributed by atoms with van der Waals surface area (Å²) in [7, 11) is 0. The van der Waals surface area contributed by atoms with Crippen molar-refractivity contribution in [3.63, 3.8) is 0 Å². The van der Waals surface area contributed by atoms with Gasteiger partial charge in [-0.25, -0.2) is 0 Å². The van der Waals surface area contributed by atoms with Crippen molar-refractivity contribution in [2.24, 2.45) is 5.92 Å². The van der Waals surface area contributed by atoms with Gasteiger partial charge in [0, 0.05) is 12.2 Å². The third-order valence-corrected chi connectivity index (χ3v) is 4.22. The molecule has 96 valence electrons. The lowest BCUT2D eigenvalue weighted by Gasteiger charge is -2.37. The fraction of sp³-hybridized carbons (Fsp3) is 0.533. The summed E-state index contributed by atoms with van der Waals surface area (Å²) < 4.78 is 0. The predicted octanol–water partition coefficient (Wildman–Crippen LogP) is 2.46. The first-order chi connectivity index (χ1) is 8.66. The second-order valence-corrected chi connectivity index (χ2v) is 5.70. The van der Waals surface area contributed by atoms with Gasteiger partial charge in [-0.15, -0.1) is 0 Å². The molecule has 2 aliphatic rings. The van der Waals surface area contributed by atoms with Crippen LogP contribution in [0.3, 0.4) is 0 Å². The topological polar surface area (TPSA) is 41.1 Å². The van der Waals surface area contributed by atoms with Crippen LogP contribution >= 0.6 is 0 Å². The maximum Gasteiger partial charge on any atom is 0.229 e. The minimum atomic E-state index is 0.105. The summed E-state index contributed by atoms with van der Waals surface area (Å²) in [6.45, 7) is 6.24. The van der Waals surface area contributed by atoms with Gasteiger partial charge in [0.1, 0.15) is 0 Å². The Balaban J connectivity index is 2.04. The lowest BCUT2D eigenvalue weighted by Crippen LogP contribution is -2.44. The zero-order chi connectivity index (χ0) is 12.7. The highest BCUT2D eigenvalue weighted by Gasteiger charge is 2.37. The Morgan fingerprint density at radius 2 is 2.11 bits per heavy atom. The van der Waals surface area contributed by atoms with Gasteiger partial charge in [-0.2, -0.15) is 0 Å². The van der Waals surface area contributed by atoms with Gasteiger partial charge in [0.25, 0.3) is 0 Å². The molecule has 1 fully saturated rings. The molecule has 2 atom stereocenters. The minimum Gasteiger partial charge on any atom is -0.326 e. The first-order valence-electron chi connectivity index (χ1n) is 6.82. The second kappa shape index (κ2) is 4.39. The van der Waals surface area contributed by atoms with Gasteiger partial charge in [0.05, 0.1) is 5.92 Å². The largest absolute Gasteiger partial charge is 0.326 e. The molecule has 18 heavy (non-hydrogen) atoms. The molecule has 2 unspecified atom stereocenters. The highest BCUT2D eigenvalue weighted by molar-refractivity contribution is 5.97. The van der Waals surface area contributed by atoms with Gasteiger partial charge in [0.15, 0.2) is 0 Å². The Bertz CT molecular complexity index is 481. The van der Waals surface area contributed by atoms with E-state index in [4.69, 9.17) is 0 Å². The zero-order valence-corrected chi connectivity index (χ0v) is 11.0. The number of benzene rings is 1. The monoisotopic (exact) mass is 244 g/mol. The van der Waals surface area contributed by atoms with E-state index >= 15 is 0 Å². The van der Waals surface area contributed by atoms with Crippen molar-refractivity contribution in [3.05, 3.63) is 29.3 Å². The van der Waals surface area contributed by atoms with Gasteiger partial charge < -0.3 is 10.6 Å². The van der Waals surface area contributed by atoms with Gasteiger partial charge in [-0.3, -0.25) is 4.79 Å². The van der Waals surface area contributed by atoms with Crippen LogP contribution < -0.4 is 10.6 Å². The van der Waals surface area contributed by atoms with E-state index in [1.54, 1.807) is 0 Å². The van der Waals surface area contributed by atoms with E-state index < -0.39 is 0 Å². The Hall–Kier alpha value is -1.35. The number of piperidine rings is 1. The smallest absolute Gasteiger partial charge is 0.229 e. The van der Waals surface area contributed by atoms with Crippen LogP contribution in [0.5, 0.6) is 0 Å². The van der Waals surface area contributed by atoms with Crippen molar-refractivity contribution in [1.82, 2.24) is 5.32 Å². The molecule has 3 heteroatoms. The number of hydrogen-bond acceptors (Lipinski definition) is 2. The number of carbonyl (C=O) groups is 1. The normalized spacial score (nSPS) is 26.5. The molecule has 1 amide bonds. The molecule has 0 spiro atoms. The fourth-order valence-corrected chi connectivity index (χ4v) is 3.09. The highest BCUT2D eigenvalue weighted by atomic mass is 16.2. The Labute approximate surface area is 108 Å². The molecular weight excluding hydrogens is 224 g/mol. The number of nitrogens with one attached hydrogen (secondary N) is 2. The Morgan fingerprint density at radius 1 is 1.28 bits per heavy atom. The minimum absolute atomic E-state index is 0.105. The first-order valence-corrected chi connectivity index (χ1v) is 6.82. The molecule has 2 aliphatic heterocycles. The average Bonchev–Trinajstić information content (AvgIpc) is 2.38.